The lowest BCUT2D eigenvalue weighted by Crippen LogP contribution is -2.38. The summed E-state index contributed by atoms with van der Waals surface area (Å²) in [6, 6.07) is 4.49. The molecule has 3 rings (SSSR count). The van der Waals surface area contributed by atoms with Gasteiger partial charge in [0.05, 0.1) is 18.7 Å². The summed E-state index contributed by atoms with van der Waals surface area (Å²) in [5.74, 6) is -0.557. The molecule has 2 aromatic rings. The summed E-state index contributed by atoms with van der Waals surface area (Å²) in [6.45, 7) is 5.59. The van der Waals surface area contributed by atoms with Gasteiger partial charge in [0.25, 0.3) is 16.7 Å². The zero-order valence-corrected chi connectivity index (χ0v) is 22.9. The Hall–Kier alpha value is -2.47. The number of fused-ring (bicyclic) bond motifs is 1. The Kier molecular flexibility index (Phi) is 10.3. The molecule has 0 bridgehead atoms. The molecular weight excluding hydrogens is 524 g/mol. The Bertz CT molecular complexity index is 1110. The fraction of sp³-hybridized carbons (Fsp3) is 0.654. The molecule has 1 aliphatic heterocycles. The van der Waals surface area contributed by atoms with E-state index >= 15 is 4.39 Å². The number of thiazole rings is 1. The summed E-state index contributed by atoms with van der Waals surface area (Å²) < 4.78 is 59.4. The van der Waals surface area contributed by atoms with Crippen LogP contribution in [0.3, 0.4) is 0 Å². The second kappa shape index (κ2) is 13.1. The maximum absolute atomic E-state index is 15.9. The van der Waals surface area contributed by atoms with Crippen LogP contribution in [0.25, 0.3) is 0 Å². The number of amides is 1. The third-order valence-electron chi connectivity index (χ3n) is 7.04. The van der Waals surface area contributed by atoms with E-state index in [0.29, 0.717) is 51.7 Å². The van der Waals surface area contributed by atoms with Crippen molar-refractivity contribution in [1.82, 2.24) is 19.8 Å². The van der Waals surface area contributed by atoms with Gasteiger partial charge in [-0.1, -0.05) is 31.3 Å². The van der Waals surface area contributed by atoms with Crippen molar-refractivity contribution in [3.63, 3.8) is 0 Å². The number of aromatic nitrogens is 2. The highest BCUT2D eigenvalue weighted by molar-refractivity contribution is 7.13. The predicted octanol–water partition coefficient (Wildman–Crippen LogP) is 4.54. The number of hydrogen-bond acceptors (Lipinski definition) is 6. The van der Waals surface area contributed by atoms with Crippen LogP contribution in [0.5, 0.6) is 5.19 Å². The average molecular weight is 561 g/mol. The third kappa shape index (κ3) is 8.52. The molecule has 12 heteroatoms. The largest absolute Gasteiger partial charge is 0.470 e. The van der Waals surface area contributed by atoms with Crippen LogP contribution in [-0.4, -0.2) is 65.0 Å². The second-order valence-corrected chi connectivity index (χ2v) is 11.1. The van der Waals surface area contributed by atoms with E-state index in [9.17, 15) is 22.8 Å². The molecule has 0 spiro atoms. The fourth-order valence-electron chi connectivity index (χ4n) is 4.44. The number of halogens is 4. The highest BCUT2D eigenvalue weighted by Gasteiger charge is 2.34. The minimum Gasteiger partial charge on any atom is -0.470 e. The van der Waals surface area contributed by atoms with E-state index in [2.05, 4.69) is 15.2 Å². The first-order valence-electron chi connectivity index (χ1n) is 12.9. The van der Waals surface area contributed by atoms with E-state index in [1.807, 2.05) is 13.8 Å². The number of nitrogens with zero attached hydrogens (tertiary/aromatic N) is 3. The summed E-state index contributed by atoms with van der Waals surface area (Å²) in [5.41, 5.74) is -0.549. The monoisotopic (exact) mass is 560 g/mol. The lowest BCUT2D eigenvalue weighted by Gasteiger charge is -2.32. The molecule has 0 saturated heterocycles. The first-order valence-corrected chi connectivity index (χ1v) is 13.7. The fourth-order valence-corrected chi connectivity index (χ4v) is 5.41. The Labute approximate surface area is 224 Å². The number of alkyl halides is 4. The first kappa shape index (κ1) is 30.1. The van der Waals surface area contributed by atoms with Crippen LogP contribution in [0.2, 0.25) is 0 Å². The summed E-state index contributed by atoms with van der Waals surface area (Å²) >= 11 is 1.29. The molecule has 3 heterocycles. The minimum absolute atomic E-state index is 0.195. The van der Waals surface area contributed by atoms with Gasteiger partial charge in [-0.05, 0) is 37.7 Å². The third-order valence-corrected chi connectivity index (χ3v) is 8.11. The van der Waals surface area contributed by atoms with Crippen molar-refractivity contribution < 1.29 is 27.1 Å². The normalized spacial score (nSPS) is 16.1. The number of carbonyl (C=O) groups is 1. The van der Waals surface area contributed by atoms with E-state index in [1.54, 1.807) is 6.07 Å². The second-order valence-electron chi connectivity index (χ2n) is 10.0. The van der Waals surface area contributed by atoms with Crippen LogP contribution < -0.4 is 15.6 Å². The van der Waals surface area contributed by atoms with Gasteiger partial charge in [-0.3, -0.25) is 9.59 Å². The Morgan fingerprint density at radius 2 is 1.89 bits per heavy atom. The van der Waals surface area contributed by atoms with Gasteiger partial charge in [0.1, 0.15) is 11.4 Å². The predicted molar refractivity (Wildman–Crippen MR) is 139 cm³/mol. The van der Waals surface area contributed by atoms with E-state index in [1.165, 1.54) is 35.1 Å². The zero-order valence-electron chi connectivity index (χ0n) is 22.1. The quantitative estimate of drug-likeness (QED) is 0.305. The molecule has 0 radical (unpaired) electrons. The van der Waals surface area contributed by atoms with Crippen molar-refractivity contribution in [3.8, 4) is 5.19 Å². The van der Waals surface area contributed by atoms with Gasteiger partial charge in [0, 0.05) is 50.6 Å². The van der Waals surface area contributed by atoms with Crippen LogP contribution in [0.1, 0.15) is 60.6 Å². The summed E-state index contributed by atoms with van der Waals surface area (Å²) in [4.78, 5) is 31.7. The molecule has 1 atom stereocenters. The topological polar surface area (TPSA) is 76.5 Å². The van der Waals surface area contributed by atoms with Crippen molar-refractivity contribution in [2.45, 2.75) is 64.2 Å². The molecule has 0 fully saturated rings. The summed E-state index contributed by atoms with van der Waals surface area (Å²) in [5, 5.41) is 3.05. The SMILES string of the molecule is CC(C)[C@@](F)(CCCNC(=O)c1cccc(=O)n1C)CCN1CCc2nc(OCCC(F)(F)F)sc2CC1. The van der Waals surface area contributed by atoms with Crippen LogP contribution in [-0.2, 0) is 19.9 Å². The number of ether oxygens (including phenoxy) is 1. The van der Waals surface area contributed by atoms with Gasteiger partial charge in [-0.15, -0.1) is 0 Å². The molecule has 0 unspecified atom stereocenters. The van der Waals surface area contributed by atoms with Gasteiger partial charge in [-0.25, -0.2) is 9.37 Å². The van der Waals surface area contributed by atoms with Crippen LogP contribution in [0.15, 0.2) is 23.0 Å². The van der Waals surface area contributed by atoms with E-state index < -0.39 is 24.9 Å². The highest BCUT2D eigenvalue weighted by atomic mass is 32.1. The number of nitrogens with one attached hydrogen (secondary N) is 1. The number of rotatable bonds is 12. The summed E-state index contributed by atoms with van der Waals surface area (Å²) in [6.07, 6.45) is -2.79. The van der Waals surface area contributed by atoms with Crippen molar-refractivity contribution in [2.24, 2.45) is 13.0 Å². The van der Waals surface area contributed by atoms with Crippen molar-refractivity contribution in [1.29, 1.82) is 0 Å². The first-order chi connectivity index (χ1) is 17.9. The van der Waals surface area contributed by atoms with E-state index in [-0.39, 0.29) is 28.3 Å². The maximum atomic E-state index is 15.9. The minimum atomic E-state index is -4.26. The zero-order chi connectivity index (χ0) is 27.9. The molecule has 2 aromatic heterocycles. The van der Waals surface area contributed by atoms with Gasteiger partial charge >= 0.3 is 6.18 Å². The van der Waals surface area contributed by atoms with Crippen LogP contribution >= 0.6 is 11.3 Å². The Morgan fingerprint density at radius 1 is 1.16 bits per heavy atom. The Morgan fingerprint density at radius 3 is 2.61 bits per heavy atom. The van der Waals surface area contributed by atoms with Crippen molar-refractivity contribution in [3.05, 3.63) is 44.8 Å². The molecule has 212 valence electrons. The van der Waals surface area contributed by atoms with Crippen molar-refractivity contribution in [2.75, 3.05) is 32.8 Å². The number of carbonyl (C=O) groups excluding carboxylic acids is 1. The molecule has 7 nitrogen and oxygen atoms in total. The van der Waals surface area contributed by atoms with Gasteiger partial charge in [0.2, 0.25) is 0 Å². The summed E-state index contributed by atoms with van der Waals surface area (Å²) in [7, 11) is 1.53. The van der Waals surface area contributed by atoms with E-state index in [0.717, 1.165) is 17.1 Å². The standard InChI is InChI=1S/C26H36F4N4O3S/c1-18(2)25(27,10-5-13-31-23(36)20-6-4-7-22(35)33(20)3)11-16-34-14-8-19-21(9-15-34)38-24(32-19)37-17-12-26(28,29)30/h4,6-7,18H,5,8-17H2,1-3H3,(H,31,36)/t25-/m1/s1. The lowest BCUT2D eigenvalue weighted by molar-refractivity contribution is -0.139. The number of hydrogen-bond donors (Lipinski definition) is 1. The van der Waals surface area contributed by atoms with Gasteiger partial charge in [-0.2, -0.15) is 13.2 Å². The molecule has 38 heavy (non-hydrogen) atoms. The van der Waals surface area contributed by atoms with Crippen LogP contribution in [0, 0.1) is 5.92 Å². The molecular formula is C26H36F4N4O3S. The molecule has 1 amide bonds. The number of pyridine rings is 1. The average Bonchev–Trinajstić information content (AvgIpc) is 3.13. The lowest BCUT2D eigenvalue weighted by atomic mass is 9.84. The molecule has 0 saturated carbocycles. The Balaban J connectivity index is 1.44. The maximum Gasteiger partial charge on any atom is 0.392 e. The highest BCUT2D eigenvalue weighted by Crippen LogP contribution is 2.33. The smallest absolute Gasteiger partial charge is 0.392 e. The van der Waals surface area contributed by atoms with E-state index in [4.69, 9.17) is 4.74 Å². The molecule has 0 aliphatic carbocycles. The molecule has 1 N–H and O–H groups in total. The van der Waals surface area contributed by atoms with Gasteiger partial charge in [0.15, 0.2) is 0 Å². The van der Waals surface area contributed by atoms with Crippen LogP contribution in [0.4, 0.5) is 17.6 Å². The molecule has 0 aromatic carbocycles. The van der Waals surface area contributed by atoms with Crippen molar-refractivity contribution >= 4 is 17.2 Å². The van der Waals surface area contributed by atoms with Gasteiger partial charge < -0.3 is 19.5 Å². The molecule has 1 aliphatic rings.